The summed E-state index contributed by atoms with van der Waals surface area (Å²) in [4.78, 5) is 26.5. The van der Waals surface area contributed by atoms with Crippen molar-refractivity contribution in [3.63, 3.8) is 0 Å². The molecule has 1 aromatic heterocycles. The SMILES string of the molecule is COC(=O)C1=C(C)N(C)C(=O)/C1=C\c1cc(C)n(-c2cc(C)cc(C)c2)c1C. The van der Waals surface area contributed by atoms with Gasteiger partial charge in [-0.25, -0.2) is 4.79 Å². The number of allylic oxidation sites excluding steroid dienone is 1. The van der Waals surface area contributed by atoms with E-state index in [9.17, 15) is 9.59 Å². The van der Waals surface area contributed by atoms with E-state index in [-0.39, 0.29) is 5.91 Å². The molecule has 0 aliphatic carbocycles. The molecule has 0 N–H and O–H groups in total. The zero-order valence-electron chi connectivity index (χ0n) is 17.5. The molecule has 2 heterocycles. The molecule has 1 aliphatic rings. The first-order valence-electron chi connectivity index (χ1n) is 9.22. The maximum absolute atomic E-state index is 12.7. The Kier molecular flexibility index (Phi) is 5.02. The molecular formula is C23H26N2O3. The number of esters is 1. The fourth-order valence-electron chi connectivity index (χ4n) is 3.86. The second-order valence-corrected chi connectivity index (χ2v) is 7.38. The quantitative estimate of drug-likeness (QED) is 0.599. The van der Waals surface area contributed by atoms with E-state index < -0.39 is 5.97 Å². The average Bonchev–Trinajstić information content (AvgIpc) is 3.02. The summed E-state index contributed by atoms with van der Waals surface area (Å²) in [6, 6.07) is 8.46. The van der Waals surface area contributed by atoms with Crippen LogP contribution in [0.5, 0.6) is 0 Å². The van der Waals surface area contributed by atoms with E-state index in [0.29, 0.717) is 16.8 Å². The minimum absolute atomic E-state index is 0.200. The summed E-state index contributed by atoms with van der Waals surface area (Å²) in [5.41, 5.74) is 7.76. The molecule has 0 spiro atoms. The number of nitrogens with zero attached hydrogens (tertiary/aromatic N) is 2. The number of aromatic nitrogens is 1. The Labute approximate surface area is 165 Å². The van der Waals surface area contributed by atoms with Crippen LogP contribution in [0.2, 0.25) is 0 Å². The van der Waals surface area contributed by atoms with Crippen molar-refractivity contribution in [1.29, 1.82) is 0 Å². The fraction of sp³-hybridized carbons (Fsp3) is 0.304. The first-order valence-corrected chi connectivity index (χ1v) is 9.22. The summed E-state index contributed by atoms with van der Waals surface area (Å²) in [7, 11) is 3.00. The highest BCUT2D eigenvalue weighted by Crippen LogP contribution is 2.32. The van der Waals surface area contributed by atoms with E-state index >= 15 is 0 Å². The summed E-state index contributed by atoms with van der Waals surface area (Å²) >= 11 is 0. The van der Waals surface area contributed by atoms with Crippen LogP contribution in [0.4, 0.5) is 0 Å². The zero-order valence-corrected chi connectivity index (χ0v) is 17.5. The third kappa shape index (κ3) is 3.17. The number of methoxy groups -OCH3 is 1. The molecule has 5 nitrogen and oxygen atoms in total. The van der Waals surface area contributed by atoms with Crippen LogP contribution < -0.4 is 0 Å². The molecule has 5 heteroatoms. The van der Waals surface area contributed by atoms with Gasteiger partial charge < -0.3 is 14.2 Å². The van der Waals surface area contributed by atoms with Gasteiger partial charge in [0.15, 0.2) is 0 Å². The molecule has 3 rings (SSSR count). The predicted molar refractivity (Wildman–Crippen MR) is 110 cm³/mol. The highest BCUT2D eigenvalue weighted by Gasteiger charge is 2.35. The van der Waals surface area contributed by atoms with Crippen LogP contribution in [0.25, 0.3) is 11.8 Å². The van der Waals surface area contributed by atoms with Gasteiger partial charge in [-0.05, 0) is 75.6 Å². The average molecular weight is 378 g/mol. The molecule has 1 amide bonds. The van der Waals surface area contributed by atoms with Crippen LogP contribution in [0.3, 0.4) is 0 Å². The molecule has 1 aromatic carbocycles. The Balaban J connectivity index is 2.16. The Bertz CT molecular complexity index is 1030. The highest BCUT2D eigenvalue weighted by molar-refractivity contribution is 6.16. The number of hydrogen-bond acceptors (Lipinski definition) is 3. The lowest BCUT2D eigenvalue weighted by Gasteiger charge is -2.12. The number of benzene rings is 1. The lowest BCUT2D eigenvalue weighted by atomic mass is 10.0. The van der Waals surface area contributed by atoms with E-state index in [2.05, 4.69) is 36.6 Å². The van der Waals surface area contributed by atoms with Crippen molar-refractivity contribution in [3.05, 3.63) is 69.2 Å². The number of amides is 1. The van der Waals surface area contributed by atoms with E-state index in [1.54, 1.807) is 20.0 Å². The summed E-state index contributed by atoms with van der Waals surface area (Å²) in [5.74, 6) is -0.696. The summed E-state index contributed by atoms with van der Waals surface area (Å²) in [5, 5.41) is 0. The lowest BCUT2D eigenvalue weighted by molar-refractivity contribution is -0.136. The number of carbonyl (C=O) groups is 2. The molecule has 0 unspecified atom stereocenters. The monoisotopic (exact) mass is 378 g/mol. The Morgan fingerprint density at radius 1 is 1.00 bits per heavy atom. The van der Waals surface area contributed by atoms with Crippen molar-refractivity contribution in [2.75, 3.05) is 14.2 Å². The van der Waals surface area contributed by atoms with Crippen LogP contribution in [0.15, 0.2) is 41.1 Å². The molecule has 146 valence electrons. The number of rotatable bonds is 3. The normalized spacial score (nSPS) is 15.8. The van der Waals surface area contributed by atoms with Crippen LogP contribution in [-0.2, 0) is 14.3 Å². The predicted octanol–water partition coefficient (Wildman–Crippen LogP) is 4.01. The standard InChI is InChI=1S/C23H26N2O3/c1-13-8-14(2)10-19(9-13)25-15(3)11-18(16(25)4)12-20-21(23(27)28-7)17(5)24(6)22(20)26/h8-12H,1-7H3/b20-12-. The van der Waals surface area contributed by atoms with Gasteiger partial charge in [-0.3, -0.25) is 4.79 Å². The lowest BCUT2D eigenvalue weighted by Crippen LogP contribution is -2.19. The van der Waals surface area contributed by atoms with Crippen molar-refractivity contribution >= 4 is 18.0 Å². The van der Waals surface area contributed by atoms with Gasteiger partial charge in [-0.2, -0.15) is 0 Å². The largest absolute Gasteiger partial charge is 0.465 e. The highest BCUT2D eigenvalue weighted by atomic mass is 16.5. The van der Waals surface area contributed by atoms with Crippen molar-refractivity contribution in [2.45, 2.75) is 34.6 Å². The second-order valence-electron chi connectivity index (χ2n) is 7.38. The van der Waals surface area contributed by atoms with Gasteiger partial charge in [0.1, 0.15) is 0 Å². The molecule has 0 saturated carbocycles. The van der Waals surface area contributed by atoms with Crippen LogP contribution in [0.1, 0.15) is 35.0 Å². The Morgan fingerprint density at radius 3 is 2.18 bits per heavy atom. The van der Waals surface area contributed by atoms with Crippen molar-refractivity contribution in [1.82, 2.24) is 9.47 Å². The second kappa shape index (κ2) is 7.15. The number of hydrogen-bond donors (Lipinski definition) is 0. The number of carbonyl (C=O) groups excluding carboxylic acids is 2. The van der Waals surface area contributed by atoms with Gasteiger partial charge in [0.2, 0.25) is 0 Å². The third-order valence-corrected chi connectivity index (χ3v) is 5.29. The maximum Gasteiger partial charge on any atom is 0.340 e. The van der Waals surface area contributed by atoms with E-state index in [0.717, 1.165) is 22.6 Å². The molecule has 0 saturated heterocycles. The Hall–Kier alpha value is -3.08. The zero-order chi connectivity index (χ0) is 20.7. The van der Waals surface area contributed by atoms with Gasteiger partial charge in [-0.1, -0.05) is 6.07 Å². The molecule has 0 fully saturated rings. The summed E-state index contributed by atoms with van der Waals surface area (Å²) < 4.78 is 7.07. The third-order valence-electron chi connectivity index (χ3n) is 5.29. The fourth-order valence-corrected chi connectivity index (χ4v) is 3.86. The smallest absolute Gasteiger partial charge is 0.340 e. The van der Waals surface area contributed by atoms with E-state index in [4.69, 9.17) is 4.74 Å². The first-order chi connectivity index (χ1) is 13.1. The maximum atomic E-state index is 12.7. The van der Waals surface area contributed by atoms with Crippen LogP contribution in [0, 0.1) is 27.7 Å². The summed E-state index contributed by atoms with van der Waals surface area (Å²) in [6.45, 7) is 9.98. The molecule has 1 aliphatic heterocycles. The van der Waals surface area contributed by atoms with Gasteiger partial charge in [0.05, 0.1) is 18.3 Å². The van der Waals surface area contributed by atoms with Gasteiger partial charge in [-0.15, -0.1) is 0 Å². The number of ether oxygens (including phenoxy) is 1. The van der Waals surface area contributed by atoms with Gasteiger partial charge in [0.25, 0.3) is 5.91 Å². The van der Waals surface area contributed by atoms with Crippen LogP contribution in [-0.4, -0.2) is 35.5 Å². The topological polar surface area (TPSA) is 51.5 Å². The van der Waals surface area contributed by atoms with Crippen molar-refractivity contribution < 1.29 is 14.3 Å². The number of likely N-dealkylation sites (N-methyl/N-ethyl adjacent to an activating group) is 1. The van der Waals surface area contributed by atoms with Crippen molar-refractivity contribution in [2.24, 2.45) is 0 Å². The number of aryl methyl sites for hydroxylation is 3. The van der Waals surface area contributed by atoms with Crippen LogP contribution >= 0.6 is 0 Å². The van der Waals surface area contributed by atoms with E-state index in [1.165, 1.54) is 23.1 Å². The molecule has 2 aromatic rings. The molecule has 0 radical (unpaired) electrons. The minimum atomic E-state index is -0.496. The summed E-state index contributed by atoms with van der Waals surface area (Å²) in [6.07, 6.45) is 1.79. The molecule has 28 heavy (non-hydrogen) atoms. The van der Waals surface area contributed by atoms with Gasteiger partial charge >= 0.3 is 5.97 Å². The van der Waals surface area contributed by atoms with Gasteiger partial charge in [0, 0.05) is 29.8 Å². The van der Waals surface area contributed by atoms with E-state index in [1.807, 2.05) is 19.9 Å². The minimum Gasteiger partial charge on any atom is -0.465 e. The Morgan fingerprint density at radius 2 is 1.61 bits per heavy atom. The van der Waals surface area contributed by atoms with Crippen molar-refractivity contribution in [3.8, 4) is 5.69 Å². The molecular weight excluding hydrogens is 352 g/mol. The first kappa shape index (κ1) is 19.7. The molecule has 0 atom stereocenters. The molecule has 0 bridgehead atoms.